The number of nitrogen functional groups attached to an aromatic ring is 1. The molecule has 0 radical (unpaired) electrons. The summed E-state index contributed by atoms with van der Waals surface area (Å²) < 4.78 is 64.5. The summed E-state index contributed by atoms with van der Waals surface area (Å²) in [7, 11) is -11.6. The Balaban J connectivity index is 2.00. The first-order valence-corrected chi connectivity index (χ1v) is 23.3. The third kappa shape index (κ3) is 18.5. The van der Waals surface area contributed by atoms with Gasteiger partial charge in [-0.25, -0.2) is 23.3 Å². The van der Waals surface area contributed by atoms with Gasteiger partial charge in [0.25, 0.3) is 0 Å². The Morgan fingerprint density at radius 1 is 1.18 bits per heavy atom. The molecule has 2 heterocycles. The van der Waals surface area contributed by atoms with Gasteiger partial charge in [0.1, 0.15) is 30.7 Å². The number of nitrogens with one attached hydrogen (secondary N) is 2. The summed E-state index contributed by atoms with van der Waals surface area (Å²) in [6.45, 7) is 1.49. The number of rotatable bonds is 21. The number of amides is 1. The number of nitrogens with zero attached hydrogens (tertiary/aromatic N) is 2. The Morgan fingerprint density at radius 2 is 1.90 bits per heavy atom. The van der Waals surface area contributed by atoms with Crippen molar-refractivity contribution in [3.63, 3.8) is 0 Å². The zero-order valence-corrected chi connectivity index (χ0v) is 31.7. The van der Waals surface area contributed by atoms with Gasteiger partial charge in [0.2, 0.25) is 0 Å². The summed E-state index contributed by atoms with van der Waals surface area (Å²) >= 11 is 0. The number of hydrogen-bond acceptors (Lipinski definition) is 19. The minimum atomic E-state index is -5.74. The Labute approximate surface area is 296 Å². The van der Waals surface area contributed by atoms with E-state index in [9.17, 15) is 33.1 Å². The van der Waals surface area contributed by atoms with Crippen molar-refractivity contribution in [2.45, 2.75) is 31.7 Å². The predicted octanol–water partition coefficient (Wildman–Crippen LogP) is 0.969. The molecule has 1 fully saturated rings. The van der Waals surface area contributed by atoms with Crippen molar-refractivity contribution in [1.82, 2.24) is 20.1 Å². The van der Waals surface area contributed by atoms with Crippen molar-refractivity contribution in [3.8, 4) is 11.8 Å². The highest BCUT2D eigenvalue weighted by Gasteiger charge is 2.43. The number of carbonyl (C=O) groups excluding carboxylic acids is 1. The van der Waals surface area contributed by atoms with Crippen LogP contribution in [0.15, 0.2) is 11.0 Å². The fraction of sp³-hybridized carbons (Fsp3) is 0.650. The Bertz CT molecular complexity index is 1500. The zero-order chi connectivity index (χ0) is 36.7. The van der Waals surface area contributed by atoms with Crippen molar-refractivity contribution in [1.29, 1.82) is 0 Å². The van der Waals surface area contributed by atoms with Gasteiger partial charge in [-0.2, -0.15) is 13.6 Å². The lowest BCUT2D eigenvalue weighted by Crippen LogP contribution is -2.32. The highest BCUT2D eigenvalue weighted by molar-refractivity contribution is 8.76. The monoisotopic (exact) mass is 833 g/mol. The summed E-state index contributed by atoms with van der Waals surface area (Å²) in [5, 5.41) is 14.5. The van der Waals surface area contributed by atoms with Crippen LogP contribution in [0, 0.1) is 11.8 Å². The molecule has 0 aliphatic carbocycles. The number of hydrogen-bond donors (Lipinski definition) is 8. The molecule has 0 spiro atoms. The molecular formula is C20H35BN5O16P3S4. The highest BCUT2D eigenvalue weighted by Crippen LogP contribution is 2.66. The largest absolute Gasteiger partial charge is 0.490 e. The maximum absolute atomic E-state index is 12.7. The van der Waals surface area contributed by atoms with Crippen LogP contribution in [0.5, 0.6) is 0 Å². The summed E-state index contributed by atoms with van der Waals surface area (Å²) in [4.78, 5) is 65.0. The van der Waals surface area contributed by atoms with Gasteiger partial charge in [-0.15, -0.1) is 0 Å². The van der Waals surface area contributed by atoms with E-state index in [0.29, 0.717) is 12.3 Å². The minimum Gasteiger partial charge on any atom is -0.449 e. The van der Waals surface area contributed by atoms with E-state index in [2.05, 4.69) is 36.0 Å². The topological polar surface area (TPSA) is 310 Å². The van der Waals surface area contributed by atoms with E-state index >= 15 is 0 Å². The van der Waals surface area contributed by atoms with Crippen LogP contribution < -0.4 is 22.0 Å². The lowest BCUT2D eigenvalue weighted by atomic mass is 9.89. The number of phosphoric acid groups is 3. The molecule has 29 heteroatoms. The summed E-state index contributed by atoms with van der Waals surface area (Å²) in [6, 6.07) is 0. The fourth-order valence-corrected chi connectivity index (χ4v) is 9.08. The molecule has 1 aromatic heterocycles. The lowest BCUT2D eigenvalue weighted by Gasteiger charge is -2.21. The van der Waals surface area contributed by atoms with Gasteiger partial charge in [-0.1, -0.05) is 55.0 Å². The summed E-state index contributed by atoms with van der Waals surface area (Å²) in [6.07, 6.45) is -0.785. The van der Waals surface area contributed by atoms with Crippen LogP contribution in [0.3, 0.4) is 0 Å². The van der Waals surface area contributed by atoms with Crippen molar-refractivity contribution < 1.29 is 70.4 Å². The Kier molecular flexibility index (Phi) is 19.6. The van der Waals surface area contributed by atoms with E-state index < -0.39 is 67.3 Å². The van der Waals surface area contributed by atoms with Crippen LogP contribution in [-0.4, -0.2) is 110 Å². The first-order valence-electron chi connectivity index (χ1n) is 13.6. The number of aromatic nitrogens is 2. The van der Waals surface area contributed by atoms with E-state index in [1.807, 2.05) is 0 Å². The van der Waals surface area contributed by atoms with Gasteiger partial charge < -0.3 is 55.1 Å². The third-order valence-corrected chi connectivity index (χ3v) is 13.0. The molecule has 278 valence electrons. The molecule has 1 amide bonds. The van der Waals surface area contributed by atoms with E-state index in [-0.39, 0.29) is 36.9 Å². The molecule has 49 heavy (non-hydrogen) atoms. The average Bonchev–Trinajstić information content (AvgIpc) is 3.37. The number of nitrogens with two attached hydrogens (primary N) is 1. The van der Waals surface area contributed by atoms with Crippen molar-refractivity contribution in [3.05, 3.63) is 22.2 Å². The molecule has 9 N–H and O–H groups in total. The van der Waals surface area contributed by atoms with Crippen LogP contribution in [-0.2, 0) is 41.1 Å². The van der Waals surface area contributed by atoms with Crippen LogP contribution in [0.1, 0.15) is 18.2 Å². The molecule has 1 saturated heterocycles. The van der Waals surface area contributed by atoms with Gasteiger partial charge in [-0.3, -0.25) is 9.09 Å². The molecule has 1 aliphatic heterocycles. The quantitative estimate of drug-likeness (QED) is 0.0214. The summed E-state index contributed by atoms with van der Waals surface area (Å²) in [5.74, 6) is 6.58. The van der Waals surface area contributed by atoms with E-state index in [1.54, 1.807) is 23.9 Å². The van der Waals surface area contributed by atoms with Gasteiger partial charge in [-0.05, 0) is 19.6 Å². The maximum Gasteiger partial charge on any atom is 0.490 e. The smallest absolute Gasteiger partial charge is 0.449 e. The second kappa shape index (κ2) is 21.7. The first-order chi connectivity index (χ1) is 22.9. The number of phosphoric ester groups is 1. The van der Waals surface area contributed by atoms with Crippen molar-refractivity contribution in [2.75, 3.05) is 55.7 Å². The molecule has 0 saturated carbocycles. The van der Waals surface area contributed by atoms with E-state index in [0.717, 1.165) is 10.3 Å². The first kappa shape index (κ1) is 44.4. The van der Waals surface area contributed by atoms with Gasteiger partial charge in [0.15, 0.2) is 0 Å². The SMILES string of the molecule is CSSCO[C@@H]1C[C@H](n2cc(C#CCNC(=O)OCCSSCCNB(C)O)c(N)nc2=O)O[C@@H]1COP(=O)(O)OP(=O)(O)OP(=O)(O)O. The van der Waals surface area contributed by atoms with Gasteiger partial charge >= 0.3 is 42.3 Å². The second-order valence-corrected chi connectivity index (χ2v) is 18.8. The second-order valence-electron chi connectivity index (χ2n) is 9.15. The minimum absolute atomic E-state index is 0.0132. The molecular weight excluding hydrogens is 798 g/mol. The van der Waals surface area contributed by atoms with Crippen LogP contribution in [0.2, 0.25) is 6.82 Å². The van der Waals surface area contributed by atoms with Crippen LogP contribution in [0.25, 0.3) is 0 Å². The maximum atomic E-state index is 12.7. The average molecular weight is 834 g/mol. The number of carbonyl (C=O) groups is 1. The zero-order valence-electron chi connectivity index (χ0n) is 25.7. The van der Waals surface area contributed by atoms with E-state index in [4.69, 9.17) is 39.3 Å². The van der Waals surface area contributed by atoms with E-state index in [1.165, 1.54) is 38.6 Å². The van der Waals surface area contributed by atoms with Gasteiger partial charge in [0, 0.05) is 24.1 Å². The standard InChI is InChI=1S/C20H35BN5O16P3S4/c1-21(29)24-6-8-47-48-9-7-37-20(28)23-5-3-4-14-11-26(19(27)25-18(14)22)17-10-15(38-13-49-46-2)16(40-17)12-39-44(33,34)42-45(35,36)41-43(30,31)32/h11,15-17,24,29H,5-10,12-13H2,1-2H3,(H,23,28)(H,33,34)(H,35,36)(H2,22,25,27)(H2,30,31,32)/t15-,16-,17-/m1/s1. The molecule has 2 rings (SSSR count). The predicted molar refractivity (Wildman–Crippen MR) is 185 cm³/mol. The fourth-order valence-electron chi connectivity index (χ4n) is 3.52. The van der Waals surface area contributed by atoms with Gasteiger partial charge in [0.05, 0.1) is 24.8 Å². The normalized spacial score (nSPS) is 20.1. The van der Waals surface area contributed by atoms with Crippen molar-refractivity contribution in [2.24, 2.45) is 0 Å². The molecule has 5 atom stereocenters. The third-order valence-electron chi connectivity index (χ3n) is 5.39. The lowest BCUT2D eigenvalue weighted by molar-refractivity contribution is -0.0543. The number of alkyl carbamates (subject to hydrolysis) is 1. The van der Waals surface area contributed by atoms with Crippen molar-refractivity contribution >= 4 is 85.6 Å². The Hall–Kier alpha value is -0.775. The molecule has 0 aromatic carbocycles. The van der Waals surface area contributed by atoms with Crippen LogP contribution in [0.4, 0.5) is 10.6 Å². The molecule has 2 unspecified atom stereocenters. The molecule has 0 bridgehead atoms. The summed E-state index contributed by atoms with van der Waals surface area (Å²) in [5.41, 5.74) is 5.13. The Morgan fingerprint density at radius 3 is 2.57 bits per heavy atom. The highest BCUT2D eigenvalue weighted by atomic mass is 33.1. The number of anilines is 1. The number of ether oxygens (including phenoxy) is 3. The van der Waals surface area contributed by atoms with Crippen LogP contribution >= 0.6 is 66.6 Å². The molecule has 1 aliphatic rings. The molecule has 21 nitrogen and oxygen atoms in total. The molecule has 1 aromatic rings.